The average molecular weight is 535 g/mol. The Morgan fingerprint density at radius 1 is 1.18 bits per heavy atom. The molecule has 0 spiro atoms. The Morgan fingerprint density at radius 3 is 2.50 bits per heavy atom. The quantitative estimate of drug-likeness (QED) is 0.434. The third-order valence-corrected chi connectivity index (χ3v) is 9.14. The van der Waals surface area contributed by atoms with Crippen LogP contribution in [0.3, 0.4) is 0 Å². The zero-order valence-electron chi connectivity index (χ0n) is 22.8. The van der Waals surface area contributed by atoms with Gasteiger partial charge in [-0.3, -0.25) is 14.3 Å². The number of aryl methyl sites for hydroxylation is 2. The molecule has 2 aromatic heterocycles. The van der Waals surface area contributed by atoms with E-state index in [0.29, 0.717) is 19.3 Å². The van der Waals surface area contributed by atoms with Crippen molar-refractivity contribution in [3.8, 4) is 10.4 Å². The summed E-state index contributed by atoms with van der Waals surface area (Å²) in [5.74, 6) is 0.141. The maximum Gasteiger partial charge on any atom is 0.248 e. The topological polar surface area (TPSA) is 88.3 Å². The van der Waals surface area contributed by atoms with Crippen LogP contribution in [0.4, 0.5) is 0 Å². The van der Waals surface area contributed by atoms with Crippen molar-refractivity contribution in [3.05, 3.63) is 59.0 Å². The lowest BCUT2D eigenvalue weighted by atomic mass is 9.79. The van der Waals surface area contributed by atoms with Crippen LogP contribution in [0.2, 0.25) is 0 Å². The third kappa shape index (κ3) is 5.47. The second-order valence-electron chi connectivity index (χ2n) is 11.9. The van der Waals surface area contributed by atoms with E-state index in [-0.39, 0.29) is 29.6 Å². The lowest BCUT2D eigenvalue weighted by Crippen LogP contribution is -2.47. The molecule has 3 unspecified atom stereocenters. The highest BCUT2D eigenvalue weighted by Crippen LogP contribution is 2.39. The summed E-state index contributed by atoms with van der Waals surface area (Å²) < 4.78 is 1.81. The molecule has 0 radical (unpaired) electrons. The largest absolute Gasteiger partial charge is 0.391 e. The highest BCUT2D eigenvalue weighted by Gasteiger charge is 2.44. The molecule has 7 nitrogen and oxygen atoms in total. The molecular formula is C30H38N4O3S. The normalized spacial score (nSPS) is 20.9. The van der Waals surface area contributed by atoms with E-state index in [9.17, 15) is 14.7 Å². The van der Waals surface area contributed by atoms with Gasteiger partial charge in [-0.1, -0.05) is 51.5 Å². The number of rotatable bonds is 8. The summed E-state index contributed by atoms with van der Waals surface area (Å²) in [7, 11) is 0. The third-order valence-electron chi connectivity index (χ3n) is 8.16. The molecule has 2 fully saturated rings. The first kappa shape index (κ1) is 26.8. The Labute approximate surface area is 228 Å². The number of nitrogens with zero attached hydrogens (tertiary/aromatic N) is 4. The van der Waals surface area contributed by atoms with E-state index in [2.05, 4.69) is 55.1 Å². The summed E-state index contributed by atoms with van der Waals surface area (Å²) in [4.78, 5) is 34.5. The first-order chi connectivity index (χ1) is 18.1. The molecule has 3 heterocycles. The molecule has 202 valence electrons. The van der Waals surface area contributed by atoms with Gasteiger partial charge in [0.2, 0.25) is 5.91 Å². The molecule has 38 heavy (non-hydrogen) atoms. The van der Waals surface area contributed by atoms with Gasteiger partial charge in [0.1, 0.15) is 6.04 Å². The van der Waals surface area contributed by atoms with Crippen LogP contribution in [0.5, 0.6) is 0 Å². The van der Waals surface area contributed by atoms with Crippen LogP contribution in [-0.4, -0.2) is 55.2 Å². The fourth-order valence-corrected chi connectivity index (χ4v) is 6.34. The van der Waals surface area contributed by atoms with Gasteiger partial charge in [0, 0.05) is 25.6 Å². The van der Waals surface area contributed by atoms with E-state index in [1.54, 1.807) is 16.2 Å². The minimum Gasteiger partial charge on any atom is -0.391 e. The fourth-order valence-electron chi connectivity index (χ4n) is 5.53. The molecule has 1 aromatic carbocycles. The van der Waals surface area contributed by atoms with Gasteiger partial charge in [0.25, 0.3) is 0 Å². The highest BCUT2D eigenvalue weighted by molar-refractivity contribution is 7.13. The van der Waals surface area contributed by atoms with E-state index >= 15 is 0 Å². The number of aliphatic hydroxyl groups is 1. The van der Waals surface area contributed by atoms with Crippen LogP contribution in [-0.2, 0) is 21.4 Å². The Bertz CT molecular complexity index is 1290. The van der Waals surface area contributed by atoms with Gasteiger partial charge in [0.05, 0.1) is 34.4 Å². The van der Waals surface area contributed by atoms with Gasteiger partial charge in [-0.2, -0.15) is 5.10 Å². The van der Waals surface area contributed by atoms with E-state index in [1.165, 1.54) is 0 Å². The molecule has 1 N–H and O–H groups in total. The summed E-state index contributed by atoms with van der Waals surface area (Å²) in [6, 6.07) is 7.26. The molecular weight excluding hydrogens is 496 g/mol. The van der Waals surface area contributed by atoms with E-state index in [0.717, 1.165) is 46.5 Å². The van der Waals surface area contributed by atoms with Crippen molar-refractivity contribution in [2.24, 2.45) is 5.92 Å². The molecule has 2 aliphatic rings. The highest BCUT2D eigenvalue weighted by atomic mass is 32.1. The fraction of sp³-hybridized carbons (Fsp3) is 0.533. The summed E-state index contributed by atoms with van der Waals surface area (Å²) in [6.07, 6.45) is 7.47. The van der Waals surface area contributed by atoms with Crippen LogP contribution in [0, 0.1) is 12.8 Å². The minimum absolute atomic E-state index is 0.0143. The number of benzene rings is 1. The first-order valence-electron chi connectivity index (χ1n) is 13.7. The zero-order valence-corrected chi connectivity index (χ0v) is 23.6. The van der Waals surface area contributed by atoms with Crippen molar-refractivity contribution in [3.63, 3.8) is 0 Å². The first-order valence-corrected chi connectivity index (χ1v) is 14.5. The summed E-state index contributed by atoms with van der Waals surface area (Å²) in [5, 5.41) is 15.1. The van der Waals surface area contributed by atoms with Crippen molar-refractivity contribution in [1.29, 1.82) is 0 Å². The molecule has 1 aliphatic carbocycles. The Kier molecular flexibility index (Phi) is 7.56. The Hall–Kier alpha value is -2.84. The number of carbonyl (C=O) groups is 2. The number of hydrogen-bond acceptors (Lipinski definition) is 6. The predicted molar refractivity (Wildman–Crippen MR) is 149 cm³/mol. The van der Waals surface area contributed by atoms with Crippen molar-refractivity contribution < 1.29 is 14.7 Å². The van der Waals surface area contributed by atoms with Gasteiger partial charge in [-0.25, -0.2) is 4.98 Å². The molecule has 1 amide bonds. The zero-order chi connectivity index (χ0) is 27.0. The number of carbonyl (C=O) groups excluding carboxylic acids is 2. The van der Waals surface area contributed by atoms with E-state index in [1.807, 2.05) is 29.5 Å². The van der Waals surface area contributed by atoms with E-state index < -0.39 is 18.2 Å². The maximum absolute atomic E-state index is 13.9. The smallest absolute Gasteiger partial charge is 0.248 e. The Balaban J connectivity index is 1.28. The van der Waals surface area contributed by atoms with Crippen molar-refractivity contribution >= 4 is 23.0 Å². The number of likely N-dealkylation sites (tertiary alicyclic amines) is 1. The van der Waals surface area contributed by atoms with Crippen LogP contribution in [0.15, 0.2) is 42.2 Å². The lowest BCUT2D eigenvalue weighted by Gasteiger charge is -2.36. The van der Waals surface area contributed by atoms with Crippen LogP contribution in [0.25, 0.3) is 10.4 Å². The average Bonchev–Trinajstić information content (AvgIpc) is 3.59. The lowest BCUT2D eigenvalue weighted by molar-refractivity contribution is -0.143. The number of ketones is 1. The number of aliphatic hydroxyl groups excluding tert-OH is 1. The molecule has 8 heteroatoms. The van der Waals surface area contributed by atoms with Gasteiger partial charge < -0.3 is 10.0 Å². The van der Waals surface area contributed by atoms with E-state index in [4.69, 9.17) is 0 Å². The molecule has 3 aromatic rings. The standard InChI is InChI=1S/C30H38N4O3S/c1-19-28(38-18-31-19)22-11-8-20(9-12-22)10-13-26(36)25-14-24(35)17-33(25)29(37)27(21-6-5-7-21)34-16-23(15-32-34)30(2,3)4/h8-9,11-12,15-16,18,21,24-25,27,35H,5-7,10,13-14,17H2,1-4H3. The number of β-amino-alcohol motifs (C(OH)–C–C–N with tert-alkyl or cyclic N) is 1. The predicted octanol–water partition coefficient (Wildman–Crippen LogP) is 5.12. The van der Waals surface area contributed by atoms with Gasteiger partial charge in [0.15, 0.2) is 5.78 Å². The second kappa shape index (κ2) is 10.7. The number of Topliss-reactive ketones (excluding diaryl/α,β-unsaturated/α-hetero) is 1. The molecule has 1 saturated heterocycles. The summed E-state index contributed by atoms with van der Waals surface area (Å²) in [6.45, 7) is 8.61. The molecule has 0 bridgehead atoms. The number of amides is 1. The minimum atomic E-state index is -0.681. The van der Waals surface area contributed by atoms with Crippen molar-refractivity contribution in [2.45, 2.75) is 89.8 Å². The SMILES string of the molecule is Cc1ncsc1-c1ccc(CCC(=O)C2CC(O)CN2C(=O)C(C2CCC2)n2cc(C(C)(C)C)cn2)cc1. The monoisotopic (exact) mass is 534 g/mol. The van der Waals surface area contributed by atoms with Gasteiger partial charge >= 0.3 is 0 Å². The Morgan fingerprint density at radius 2 is 1.92 bits per heavy atom. The number of hydrogen-bond donors (Lipinski definition) is 1. The van der Waals surface area contributed by atoms with Gasteiger partial charge in [-0.05, 0) is 54.2 Å². The van der Waals surface area contributed by atoms with Crippen LogP contribution >= 0.6 is 11.3 Å². The van der Waals surface area contributed by atoms with Gasteiger partial charge in [-0.15, -0.1) is 11.3 Å². The number of thiazole rings is 1. The van der Waals surface area contributed by atoms with Crippen LogP contribution in [0.1, 0.15) is 75.7 Å². The summed E-state index contributed by atoms with van der Waals surface area (Å²) >= 11 is 1.62. The molecule has 5 rings (SSSR count). The van der Waals surface area contributed by atoms with Crippen LogP contribution < -0.4 is 0 Å². The van der Waals surface area contributed by atoms with Crippen molar-refractivity contribution in [1.82, 2.24) is 19.7 Å². The molecule has 1 saturated carbocycles. The molecule has 3 atom stereocenters. The maximum atomic E-state index is 13.9. The second-order valence-corrected chi connectivity index (χ2v) is 12.8. The number of aromatic nitrogens is 3. The molecule has 1 aliphatic heterocycles. The van der Waals surface area contributed by atoms with Crippen molar-refractivity contribution in [2.75, 3.05) is 6.54 Å². The summed E-state index contributed by atoms with van der Waals surface area (Å²) in [5.41, 5.74) is 6.11.